The zero-order chi connectivity index (χ0) is 54.6. The van der Waals surface area contributed by atoms with Gasteiger partial charge in [-0.2, -0.15) is 4.91 Å². The molecular formula is C56H89N3O13. The van der Waals surface area contributed by atoms with E-state index in [0.717, 1.165) is 35.1 Å². The van der Waals surface area contributed by atoms with Gasteiger partial charge in [0.15, 0.2) is 18.2 Å². The van der Waals surface area contributed by atoms with Gasteiger partial charge in [0, 0.05) is 19.0 Å². The molecule has 1 aliphatic heterocycles. The van der Waals surface area contributed by atoms with Crippen LogP contribution in [0.2, 0.25) is 0 Å². The van der Waals surface area contributed by atoms with Crippen LogP contribution in [0.4, 0.5) is 0 Å². The summed E-state index contributed by atoms with van der Waals surface area (Å²) in [5.41, 5.74) is 2.53. The van der Waals surface area contributed by atoms with Crippen molar-refractivity contribution < 1.29 is 58.2 Å². The van der Waals surface area contributed by atoms with E-state index >= 15 is 0 Å². The number of phenols is 1. The second-order valence-corrected chi connectivity index (χ2v) is 20.1. The van der Waals surface area contributed by atoms with Gasteiger partial charge in [0.2, 0.25) is 0 Å². The third-order valence-electron chi connectivity index (χ3n) is 13.5. The number of esters is 3. The maximum absolute atomic E-state index is 14.3. The molecule has 0 bridgehead atoms. The summed E-state index contributed by atoms with van der Waals surface area (Å²) in [6.07, 6.45) is -3.62. The Morgan fingerprint density at radius 2 is 1.39 bits per heavy atom. The first-order valence-electron chi connectivity index (χ1n) is 26.0. The van der Waals surface area contributed by atoms with E-state index in [1.54, 1.807) is 52.0 Å². The maximum atomic E-state index is 14.3. The third-order valence-corrected chi connectivity index (χ3v) is 13.5. The molecule has 0 amide bonds. The first-order valence-corrected chi connectivity index (χ1v) is 26.0. The lowest BCUT2D eigenvalue weighted by Gasteiger charge is -2.46. The van der Waals surface area contributed by atoms with Crippen LogP contribution in [-0.4, -0.2) is 138 Å². The number of aliphatic hydroxyl groups is 2. The average molecular weight is 1010 g/mol. The topological polar surface area (TPSA) is 211 Å². The van der Waals surface area contributed by atoms with Gasteiger partial charge in [-0.15, -0.1) is 0 Å². The van der Waals surface area contributed by atoms with Crippen LogP contribution in [0.3, 0.4) is 0 Å². The number of benzene rings is 2. The van der Waals surface area contributed by atoms with Crippen LogP contribution in [-0.2, 0) is 38.1 Å². The van der Waals surface area contributed by atoms with Gasteiger partial charge >= 0.3 is 17.9 Å². The number of ether oxygens (including phenoxy) is 5. The summed E-state index contributed by atoms with van der Waals surface area (Å²) < 4.78 is 30.4. The van der Waals surface area contributed by atoms with Crippen LogP contribution in [0.1, 0.15) is 146 Å². The molecule has 72 heavy (non-hydrogen) atoms. The number of rotatable bonds is 28. The molecule has 1 heterocycles. The molecule has 0 radical (unpaired) electrons. The number of aliphatic hydroxyl groups excluding tert-OH is 1. The minimum absolute atomic E-state index is 0.00104. The highest BCUT2D eigenvalue weighted by Crippen LogP contribution is 2.36. The summed E-state index contributed by atoms with van der Waals surface area (Å²) in [6.45, 7) is 24.6. The Morgan fingerprint density at radius 3 is 1.89 bits per heavy atom. The molecule has 0 spiro atoms. The molecule has 16 nitrogen and oxygen atoms in total. The van der Waals surface area contributed by atoms with E-state index in [0.29, 0.717) is 31.7 Å². The lowest BCUT2D eigenvalue weighted by Crippen LogP contribution is -2.60. The predicted molar refractivity (Wildman–Crippen MR) is 281 cm³/mol. The first-order chi connectivity index (χ1) is 33.9. The van der Waals surface area contributed by atoms with Crippen molar-refractivity contribution in [1.82, 2.24) is 9.80 Å². The van der Waals surface area contributed by atoms with Gasteiger partial charge in [-0.3, -0.25) is 19.2 Å². The molecule has 2 aromatic rings. The number of carbonyl (C=O) groups excluding carboxylic acids is 4. The standard InChI is InChI=1S/C54H83N3O13.C2H6/c1-15-43(39-18-22-41(59)23-19-39)44(16-2)40-20-24-42(25-21-40)67-47(60)26-27-48(61)69-50-45(56(12)13)28-34(6)66-53(50)70-51(54(11,64)29-32(4)30-57(14)31-33(5)38(10)58)35(7)49(62)36(8)52(63)68-46(17-3)37(9)55-65;1-2/h18-25,32-38,45-46,50-51,53,58-59,64H,15-17,26-31H2,1-14H3;1-2H3/b44-43+;/t32-,33+,34-,35+,36-,37-,38+,45+,46-,50-,51-,53+,54-;/m1./s1. The van der Waals surface area contributed by atoms with Crippen LogP contribution in [0, 0.1) is 28.6 Å². The average Bonchev–Trinajstić information content (AvgIpc) is 3.33. The monoisotopic (exact) mass is 1010 g/mol. The molecule has 3 rings (SSSR count). The fourth-order valence-corrected chi connectivity index (χ4v) is 9.52. The number of carbonyl (C=O) groups is 4. The number of Topliss-reactive ketones (excluding diaryl/α,β-unsaturated/α-hetero) is 1. The summed E-state index contributed by atoms with van der Waals surface area (Å²) in [7, 11) is 5.58. The maximum Gasteiger partial charge on any atom is 0.316 e. The van der Waals surface area contributed by atoms with Crippen LogP contribution in [0.25, 0.3) is 11.1 Å². The van der Waals surface area contributed by atoms with Gasteiger partial charge in [-0.05, 0) is 146 Å². The Kier molecular flexibility index (Phi) is 27.0. The van der Waals surface area contributed by atoms with Crippen molar-refractivity contribution in [1.29, 1.82) is 0 Å². The van der Waals surface area contributed by atoms with Crippen molar-refractivity contribution in [2.24, 2.45) is 28.8 Å². The Bertz CT molecular complexity index is 2020. The molecule has 1 saturated heterocycles. The number of hydrogen-bond donors (Lipinski definition) is 3. The number of aromatic hydroxyl groups is 1. The fourth-order valence-electron chi connectivity index (χ4n) is 9.52. The number of allylic oxidation sites excluding steroid dienone is 2. The van der Waals surface area contributed by atoms with Crippen molar-refractivity contribution in [2.75, 3.05) is 34.2 Å². The quantitative estimate of drug-likeness (QED) is 0.0238. The summed E-state index contributed by atoms with van der Waals surface area (Å²) in [6, 6.07) is 13.0. The molecule has 1 aliphatic rings. The molecular weight excluding hydrogens is 923 g/mol. The van der Waals surface area contributed by atoms with Crippen molar-refractivity contribution in [2.45, 2.75) is 189 Å². The van der Waals surface area contributed by atoms with E-state index in [2.05, 4.69) is 23.9 Å². The molecule has 0 saturated carbocycles. The molecule has 2 aromatic carbocycles. The van der Waals surface area contributed by atoms with Crippen molar-refractivity contribution in [3.8, 4) is 11.5 Å². The Hall–Kier alpha value is -4.58. The second-order valence-electron chi connectivity index (χ2n) is 20.1. The molecule has 16 heteroatoms. The smallest absolute Gasteiger partial charge is 0.316 e. The van der Waals surface area contributed by atoms with Crippen LogP contribution in [0.15, 0.2) is 53.7 Å². The SMILES string of the molecule is CC.CC/C(=C(/CC)c1ccc(OC(=O)CCC(=O)O[C@H]2[C@H](O[C@H]([C@@H](C)C(=O)[C@@H](C)C(=O)O[C@H](CC)[C@@H](C)N=O)[C@](C)(O)C[C@@H](C)CN(C)C[C@H](C)[C@H](C)O)O[C@H](C)C[C@@H]2N(C)C)cc1)c1ccc(O)cc1. The molecule has 406 valence electrons. The lowest BCUT2D eigenvalue weighted by atomic mass is 9.78. The van der Waals surface area contributed by atoms with Crippen LogP contribution >= 0.6 is 0 Å². The highest BCUT2D eigenvalue weighted by molar-refractivity contribution is 6.00. The highest BCUT2D eigenvalue weighted by atomic mass is 16.7. The first kappa shape index (κ1) is 63.5. The van der Waals surface area contributed by atoms with Gasteiger partial charge in [0.1, 0.15) is 29.6 Å². The Labute approximate surface area is 430 Å². The second kappa shape index (κ2) is 30.6. The van der Waals surface area contributed by atoms with E-state index in [4.69, 9.17) is 23.7 Å². The van der Waals surface area contributed by atoms with Gasteiger partial charge < -0.3 is 48.8 Å². The normalized spacial score (nSPS) is 21.5. The van der Waals surface area contributed by atoms with Crippen LogP contribution in [0.5, 0.6) is 11.5 Å². The lowest BCUT2D eigenvalue weighted by molar-refractivity contribution is -0.296. The highest BCUT2D eigenvalue weighted by Gasteiger charge is 2.49. The van der Waals surface area contributed by atoms with Gasteiger partial charge in [0.25, 0.3) is 0 Å². The molecule has 13 atom stereocenters. The third kappa shape index (κ3) is 19.0. The van der Waals surface area contributed by atoms with Crippen molar-refractivity contribution in [3.63, 3.8) is 0 Å². The fraction of sp³-hybridized carbons (Fsp3) is 0.679. The number of phenolic OH excluding ortho intramolecular Hbond substituents is 1. The Balaban J connectivity index is 0.00000876. The zero-order valence-corrected chi connectivity index (χ0v) is 46.2. The molecule has 3 N–H and O–H groups in total. The van der Waals surface area contributed by atoms with E-state index < -0.39 is 90.0 Å². The van der Waals surface area contributed by atoms with Crippen molar-refractivity contribution >= 4 is 34.8 Å². The van der Waals surface area contributed by atoms with E-state index in [-0.39, 0.29) is 36.8 Å². The molecule has 0 aliphatic carbocycles. The number of nitrogens with zero attached hydrogens (tertiary/aromatic N) is 3. The van der Waals surface area contributed by atoms with E-state index in [9.17, 15) is 39.4 Å². The van der Waals surface area contributed by atoms with Crippen LogP contribution < -0.4 is 4.74 Å². The van der Waals surface area contributed by atoms with Gasteiger partial charge in [-0.25, -0.2) is 0 Å². The summed E-state index contributed by atoms with van der Waals surface area (Å²) in [5, 5.41) is 35.4. The summed E-state index contributed by atoms with van der Waals surface area (Å²) in [5.74, 6) is -4.85. The predicted octanol–water partition coefficient (Wildman–Crippen LogP) is 9.24. The molecule has 0 aromatic heterocycles. The number of ketones is 1. The zero-order valence-electron chi connectivity index (χ0n) is 46.2. The summed E-state index contributed by atoms with van der Waals surface area (Å²) in [4.78, 5) is 69.8. The van der Waals surface area contributed by atoms with Gasteiger partial charge in [-0.1, -0.05) is 84.8 Å². The number of nitroso groups, excluding NO2 is 1. The largest absolute Gasteiger partial charge is 0.508 e. The number of hydrogen-bond acceptors (Lipinski definition) is 16. The number of likely N-dealkylation sites (N-methyl/N-ethyl adjacent to an activating group) is 1. The minimum Gasteiger partial charge on any atom is -0.508 e. The Morgan fingerprint density at radius 1 is 0.847 bits per heavy atom. The molecule has 1 fully saturated rings. The minimum atomic E-state index is -1.72. The van der Waals surface area contributed by atoms with E-state index in [1.807, 2.05) is 84.9 Å². The van der Waals surface area contributed by atoms with E-state index in [1.165, 1.54) is 13.8 Å². The molecule has 0 unspecified atom stereocenters. The van der Waals surface area contributed by atoms with Crippen molar-refractivity contribution in [3.05, 3.63) is 64.6 Å². The summed E-state index contributed by atoms with van der Waals surface area (Å²) >= 11 is 0. The van der Waals surface area contributed by atoms with Gasteiger partial charge in [0.05, 0.1) is 42.8 Å².